The van der Waals surface area contributed by atoms with Gasteiger partial charge in [0.05, 0.1) is 11.3 Å². The fourth-order valence-electron chi connectivity index (χ4n) is 1.65. The Hall–Kier alpha value is -2.35. The molecule has 18 heavy (non-hydrogen) atoms. The van der Waals surface area contributed by atoms with Crippen molar-refractivity contribution in [2.75, 3.05) is 11.9 Å². The summed E-state index contributed by atoms with van der Waals surface area (Å²) in [5.41, 5.74) is 2.60. The molecule has 0 aliphatic carbocycles. The van der Waals surface area contributed by atoms with Crippen molar-refractivity contribution in [2.24, 2.45) is 0 Å². The van der Waals surface area contributed by atoms with Gasteiger partial charge in [0.2, 0.25) is 5.89 Å². The van der Waals surface area contributed by atoms with Gasteiger partial charge in [-0.2, -0.15) is 10.2 Å². The lowest BCUT2D eigenvalue weighted by Crippen LogP contribution is -2.06. The molecule has 0 saturated carbocycles. The molecule has 5 nitrogen and oxygen atoms in total. The monoisotopic (exact) mass is 242 g/mol. The maximum atomic E-state index is 9.00. The Kier molecular flexibility index (Phi) is 3.58. The van der Waals surface area contributed by atoms with E-state index in [-0.39, 0.29) is 0 Å². The van der Waals surface area contributed by atoms with Crippen LogP contribution < -0.4 is 5.32 Å². The minimum atomic E-state index is 0.603. The van der Waals surface area contributed by atoms with Crippen LogP contribution in [0.3, 0.4) is 0 Å². The van der Waals surface area contributed by atoms with Crippen molar-refractivity contribution in [3.8, 4) is 6.07 Å². The van der Waals surface area contributed by atoms with Gasteiger partial charge in [0.15, 0.2) is 5.82 Å². The summed E-state index contributed by atoms with van der Waals surface area (Å²) in [6, 6.07) is 7.85. The molecule has 1 aromatic heterocycles. The number of benzene rings is 1. The molecule has 92 valence electrons. The molecule has 2 rings (SSSR count). The second-order valence-electron chi connectivity index (χ2n) is 4.07. The van der Waals surface area contributed by atoms with Gasteiger partial charge in [0.1, 0.15) is 6.07 Å². The lowest BCUT2D eigenvalue weighted by atomic mass is 10.1. The quantitative estimate of drug-likeness (QED) is 0.889. The number of anilines is 1. The average Bonchev–Trinajstić information content (AvgIpc) is 2.75. The van der Waals surface area contributed by atoms with Crippen LogP contribution in [0.15, 0.2) is 22.7 Å². The van der Waals surface area contributed by atoms with Crippen LogP contribution in [0.25, 0.3) is 0 Å². The number of aryl methyl sites for hydroxylation is 2. The normalized spacial score (nSPS) is 10.1. The molecule has 2 aromatic rings. The number of nitriles is 1. The van der Waals surface area contributed by atoms with E-state index in [1.807, 2.05) is 25.1 Å². The Morgan fingerprint density at radius 3 is 2.89 bits per heavy atom. The first-order valence-electron chi connectivity index (χ1n) is 5.73. The zero-order valence-corrected chi connectivity index (χ0v) is 10.4. The molecule has 0 atom stereocenters. The zero-order valence-electron chi connectivity index (χ0n) is 10.4. The van der Waals surface area contributed by atoms with E-state index in [1.54, 1.807) is 6.92 Å². The SMILES string of the molecule is Cc1ccc(C#N)c(NCCc2nc(C)no2)c1. The molecular formula is C13H14N4O. The summed E-state index contributed by atoms with van der Waals surface area (Å²) in [5, 5.41) is 15.9. The van der Waals surface area contributed by atoms with Crippen LogP contribution in [0.1, 0.15) is 22.8 Å². The number of nitrogens with one attached hydrogen (secondary N) is 1. The summed E-state index contributed by atoms with van der Waals surface area (Å²) in [7, 11) is 0. The van der Waals surface area contributed by atoms with Crippen molar-refractivity contribution < 1.29 is 4.52 Å². The highest BCUT2D eigenvalue weighted by Gasteiger charge is 2.04. The summed E-state index contributed by atoms with van der Waals surface area (Å²) >= 11 is 0. The third kappa shape index (κ3) is 2.86. The summed E-state index contributed by atoms with van der Waals surface area (Å²) in [4.78, 5) is 4.12. The molecule has 1 heterocycles. The highest BCUT2D eigenvalue weighted by Crippen LogP contribution is 2.16. The van der Waals surface area contributed by atoms with E-state index in [9.17, 15) is 0 Å². The van der Waals surface area contributed by atoms with Crippen molar-refractivity contribution in [1.82, 2.24) is 10.1 Å². The predicted molar refractivity (Wildman–Crippen MR) is 67.1 cm³/mol. The van der Waals surface area contributed by atoms with E-state index < -0.39 is 0 Å². The summed E-state index contributed by atoms with van der Waals surface area (Å²) < 4.78 is 5.02. The van der Waals surface area contributed by atoms with Gasteiger partial charge in [-0.05, 0) is 31.5 Å². The third-order valence-electron chi connectivity index (χ3n) is 2.52. The van der Waals surface area contributed by atoms with Crippen LogP contribution in [0.2, 0.25) is 0 Å². The first-order chi connectivity index (χ1) is 8.69. The second-order valence-corrected chi connectivity index (χ2v) is 4.07. The standard InChI is InChI=1S/C13H14N4O/c1-9-3-4-11(8-14)12(7-9)15-6-5-13-16-10(2)17-18-13/h3-4,7,15H,5-6H2,1-2H3. The summed E-state index contributed by atoms with van der Waals surface area (Å²) in [6.07, 6.45) is 0.639. The van der Waals surface area contributed by atoms with Gasteiger partial charge < -0.3 is 9.84 Å². The molecular weight excluding hydrogens is 228 g/mol. The van der Waals surface area contributed by atoms with Crippen molar-refractivity contribution in [1.29, 1.82) is 5.26 Å². The lowest BCUT2D eigenvalue weighted by Gasteiger charge is -2.07. The molecule has 0 bridgehead atoms. The van der Waals surface area contributed by atoms with Crippen LogP contribution in [-0.2, 0) is 6.42 Å². The smallest absolute Gasteiger partial charge is 0.228 e. The summed E-state index contributed by atoms with van der Waals surface area (Å²) in [6.45, 7) is 4.43. The van der Waals surface area contributed by atoms with E-state index in [4.69, 9.17) is 9.78 Å². The average molecular weight is 242 g/mol. The molecule has 0 aliphatic heterocycles. The molecule has 0 radical (unpaired) electrons. The van der Waals surface area contributed by atoms with E-state index in [1.165, 1.54) is 0 Å². The molecule has 5 heteroatoms. The molecule has 0 unspecified atom stereocenters. The minimum Gasteiger partial charge on any atom is -0.383 e. The van der Waals surface area contributed by atoms with Gasteiger partial charge >= 0.3 is 0 Å². The lowest BCUT2D eigenvalue weighted by molar-refractivity contribution is 0.377. The Labute approximate surface area is 105 Å². The number of hydrogen-bond acceptors (Lipinski definition) is 5. The minimum absolute atomic E-state index is 0.603. The third-order valence-corrected chi connectivity index (χ3v) is 2.52. The Bertz CT molecular complexity index is 583. The Balaban J connectivity index is 1.98. The van der Waals surface area contributed by atoms with E-state index >= 15 is 0 Å². The molecule has 0 aliphatic rings. The van der Waals surface area contributed by atoms with Crippen LogP contribution in [0.4, 0.5) is 5.69 Å². The first kappa shape index (κ1) is 12.1. The molecule has 0 amide bonds. The maximum Gasteiger partial charge on any atom is 0.228 e. The fraction of sp³-hybridized carbons (Fsp3) is 0.308. The van der Waals surface area contributed by atoms with E-state index in [0.29, 0.717) is 30.2 Å². The first-order valence-corrected chi connectivity index (χ1v) is 5.73. The molecule has 0 saturated heterocycles. The number of nitrogens with zero attached hydrogens (tertiary/aromatic N) is 3. The van der Waals surface area contributed by atoms with Crippen molar-refractivity contribution in [3.63, 3.8) is 0 Å². The van der Waals surface area contributed by atoms with Crippen molar-refractivity contribution in [3.05, 3.63) is 41.0 Å². The largest absolute Gasteiger partial charge is 0.383 e. The van der Waals surface area contributed by atoms with Crippen LogP contribution in [0, 0.1) is 25.2 Å². The molecule has 1 N–H and O–H groups in total. The zero-order chi connectivity index (χ0) is 13.0. The van der Waals surface area contributed by atoms with Crippen LogP contribution in [0.5, 0.6) is 0 Å². The highest BCUT2D eigenvalue weighted by atomic mass is 16.5. The van der Waals surface area contributed by atoms with Gasteiger partial charge in [0.25, 0.3) is 0 Å². The van der Waals surface area contributed by atoms with Crippen molar-refractivity contribution in [2.45, 2.75) is 20.3 Å². The van der Waals surface area contributed by atoms with Gasteiger partial charge in [-0.15, -0.1) is 0 Å². The van der Waals surface area contributed by atoms with Crippen molar-refractivity contribution >= 4 is 5.69 Å². The van der Waals surface area contributed by atoms with Crippen LogP contribution in [-0.4, -0.2) is 16.7 Å². The van der Waals surface area contributed by atoms with Gasteiger partial charge in [-0.1, -0.05) is 11.2 Å². The highest BCUT2D eigenvalue weighted by molar-refractivity contribution is 5.58. The summed E-state index contributed by atoms with van der Waals surface area (Å²) in [5.74, 6) is 1.24. The van der Waals surface area contributed by atoms with E-state index in [2.05, 4.69) is 21.5 Å². The van der Waals surface area contributed by atoms with Gasteiger partial charge in [0, 0.05) is 13.0 Å². The second kappa shape index (κ2) is 5.32. The van der Waals surface area contributed by atoms with Crippen LogP contribution >= 0.6 is 0 Å². The number of aromatic nitrogens is 2. The number of rotatable bonds is 4. The fourth-order valence-corrected chi connectivity index (χ4v) is 1.65. The Morgan fingerprint density at radius 2 is 2.22 bits per heavy atom. The number of hydrogen-bond donors (Lipinski definition) is 1. The topological polar surface area (TPSA) is 74.7 Å². The molecule has 1 aromatic carbocycles. The van der Waals surface area contributed by atoms with E-state index in [0.717, 1.165) is 11.3 Å². The Morgan fingerprint density at radius 1 is 1.39 bits per heavy atom. The maximum absolute atomic E-state index is 9.00. The van der Waals surface area contributed by atoms with Gasteiger partial charge in [-0.25, -0.2) is 0 Å². The molecule has 0 spiro atoms. The van der Waals surface area contributed by atoms with Gasteiger partial charge in [-0.3, -0.25) is 0 Å². The molecule has 0 fully saturated rings. The predicted octanol–water partition coefficient (Wildman–Crippen LogP) is 2.21.